The summed E-state index contributed by atoms with van der Waals surface area (Å²) < 4.78 is 4.76. The van der Waals surface area contributed by atoms with Gasteiger partial charge in [-0.2, -0.15) is 0 Å². The average Bonchev–Trinajstić information content (AvgIpc) is 2.45. The van der Waals surface area contributed by atoms with Crippen molar-refractivity contribution in [2.75, 3.05) is 6.61 Å². The first-order valence-corrected chi connectivity index (χ1v) is 5.09. The number of hydrogen-bond donors (Lipinski definition) is 1. The van der Waals surface area contributed by atoms with E-state index in [1.165, 1.54) is 0 Å². The minimum Gasteiger partial charge on any atom is -0.478 e. The normalized spacial score (nSPS) is 16.9. The molecule has 1 fully saturated rings. The molecule has 86 valence electrons. The van der Waals surface area contributed by atoms with Gasteiger partial charge in [0.15, 0.2) is 0 Å². The minimum absolute atomic E-state index is 0.0255. The Morgan fingerprint density at radius 3 is 2.53 bits per heavy atom. The quantitative estimate of drug-likeness (QED) is 0.536. The van der Waals surface area contributed by atoms with Gasteiger partial charge in [0, 0.05) is 12.0 Å². The number of carboxylic acids is 1. The zero-order valence-corrected chi connectivity index (χ0v) is 9.28. The fourth-order valence-electron chi connectivity index (χ4n) is 0.930. The largest absolute Gasteiger partial charge is 0.478 e. The van der Waals surface area contributed by atoms with Crippen LogP contribution in [0, 0.1) is 0 Å². The highest BCUT2D eigenvalue weighted by atomic mass is 16.5. The smallest absolute Gasteiger partial charge is 0.330 e. The Bertz CT molecular complexity index is 233. The van der Waals surface area contributed by atoms with Gasteiger partial charge in [0.1, 0.15) is 0 Å². The summed E-state index contributed by atoms with van der Waals surface area (Å²) in [4.78, 5) is 20.3. The van der Waals surface area contributed by atoms with Crippen molar-refractivity contribution in [2.45, 2.75) is 39.5 Å². The van der Waals surface area contributed by atoms with E-state index in [1.807, 2.05) is 0 Å². The SMILES string of the molecule is CC=C(C)C(=O)O.O=C1CCCCCO1. The highest BCUT2D eigenvalue weighted by Crippen LogP contribution is 2.06. The maximum atomic E-state index is 10.5. The molecule has 1 heterocycles. The van der Waals surface area contributed by atoms with E-state index >= 15 is 0 Å². The third-order valence-corrected chi connectivity index (χ3v) is 2.06. The molecule has 1 N–H and O–H groups in total. The molecule has 0 spiro atoms. The van der Waals surface area contributed by atoms with E-state index in [4.69, 9.17) is 9.84 Å². The second-order valence-corrected chi connectivity index (χ2v) is 3.31. The van der Waals surface area contributed by atoms with Crippen molar-refractivity contribution in [3.8, 4) is 0 Å². The lowest BCUT2D eigenvalue weighted by Gasteiger charge is -1.93. The van der Waals surface area contributed by atoms with Gasteiger partial charge < -0.3 is 9.84 Å². The molecular formula is C11H18O4. The van der Waals surface area contributed by atoms with Crippen LogP contribution in [0.5, 0.6) is 0 Å². The van der Waals surface area contributed by atoms with Crippen LogP contribution in [0.2, 0.25) is 0 Å². The molecular weight excluding hydrogens is 196 g/mol. The fraction of sp³-hybridized carbons (Fsp3) is 0.636. The molecule has 0 aromatic heterocycles. The van der Waals surface area contributed by atoms with Crippen LogP contribution in [-0.4, -0.2) is 23.7 Å². The summed E-state index contributed by atoms with van der Waals surface area (Å²) in [5.74, 6) is -0.870. The number of allylic oxidation sites excluding steroid dienone is 1. The van der Waals surface area contributed by atoms with Crippen molar-refractivity contribution in [3.05, 3.63) is 11.6 Å². The number of hydrogen-bond acceptors (Lipinski definition) is 3. The molecule has 0 bridgehead atoms. The van der Waals surface area contributed by atoms with Gasteiger partial charge in [0.25, 0.3) is 0 Å². The molecule has 1 saturated heterocycles. The van der Waals surface area contributed by atoms with Crippen molar-refractivity contribution < 1.29 is 19.4 Å². The Hall–Kier alpha value is -1.32. The third kappa shape index (κ3) is 7.73. The van der Waals surface area contributed by atoms with Crippen LogP contribution in [0.15, 0.2) is 11.6 Å². The summed E-state index contributed by atoms with van der Waals surface area (Å²) in [6, 6.07) is 0. The zero-order valence-electron chi connectivity index (χ0n) is 9.28. The summed E-state index contributed by atoms with van der Waals surface area (Å²) >= 11 is 0. The second-order valence-electron chi connectivity index (χ2n) is 3.31. The summed E-state index contributed by atoms with van der Waals surface area (Å²) in [6.45, 7) is 3.89. The molecule has 1 aliphatic rings. The van der Waals surface area contributed by atoms with Gasteiger partial charge in [-0.05, 0) is 33.1 Å². The topological polar surface area (TPSA) is 63.6 Å². The van der Waals surface area contributed by atoms with Crippen LogP contribution in [0.3, 0.4) is 0 Å². The van der Waals surface area contributed by atoms with Crippen LogP contribution in [0.25, 0.3) is 0 Å². The van der Waals surface area contributed by atoms with Gasteiger partial charge in [0.2, 0.25) is 0 Å². The molecule has 4 nitrogen and oxygen atoms in total. The highest BCUT2D eigenvalue weighted by molar-refractivity contribution is 5.85. The van der Waals surface area contributed by atoms with Crippen LogP contribution < -0.4 is 0 Å². The number of rotatable bonds is 1. The molecule has 1 rings (SSSR count). The molecule has 0 radical (unpaired) electrons. The van der Waals surface area contributed by atoms with Crippen LogP contribution >= 0.6 is 0 Å². The van der Waals surface area contributed by atoms with Gasteiger partial charge in [-0.25, -0.2) is 4.79 Å². The first kappa shape index (κ1) is 13.7. The molecule has 15 heavy (non-hydrogen) atoms. The standard InChI is InChI=1S/C6H10O2.C5H8O2/c7-6-4-2-1-3-5-8-6;1-3-4(2)5(6)7/h1-5H2;3H,1-2H3,(H,6,7). The number of esters is 1. The molecule has 4 heteroatoms. The lowest BCUT2D eigenvalue weighted by atomic mass is 10.2. The van der Waals surface area contributed by atoms with Crippen molar-refractivity contribution in [1.82, 2.24) is 0 Å². The first-order valence-electron chi connectivity index (χ1n) is 5.09. The summed E-state index contributed by atoms with van der Waals surface area (Å²) in [7, 11) is 0. The van der Waals surface area contributed by atoms with E-state index in [9.17, 15) is 9.59 Å². The average molecular weight is 214 g/mol. The molecule has 0 aromatic rings. The van der Waals surface area contributed by atoms with Crippen LogP contribution in [0.1, 0.15) is 39.5 Å². The number of carbonyl (C=O) groups is 2. The lowest BCUT2D eigenvalue weighted by Crippen LogP contribution is -2.00. The lowest BCUT2D eigenvalue weighted by molar-refractivity contribution is -0.142. The second kappa shape index (κ2) is 8.03. The predicted molar refractivity (Wildman–Crippen MR) is 56.5 cm³/mol. The summed E-state index contributed by atoms with van der Waals surface area (Å²) in [6.07, 6.45) is 5.39. The summed E-state index contributed by atoms with van der Waals surface area (Å²) in [5, 5.41) is 8.11. The van der Waals surface area contributed by atoms with Crippen molar-refractivity contribution in [1.29, 1.82) is 0 Å². The Balaban J connectivity index is 0.000000265. The predicted octanol–water partition coefficient (Wildman–Crippen LogP) is 2.14. The van der Waals surface area contributed by atoms with Gasteiger partial charge >= 0.3 is 11.9 Å². The molecule has 0 aromatic carbocycles. The minimum atomic E-state index is -0.845. The van der Waals surface area contributed by atoms with Gasteiger partial charge in [-0.3, -0.25) is 4.79 Å². The van der Waals surface area contributed by atoms with E-state index in [1.54, 1.807) is 19.9 Å². The van der Waals surface area contributed by atoms with E-state index in [2.05, 4.69) is 0 Å². The number of cyclic esters (lactones) is 1. The van der Waals surface area contributed by atoms with Crippen LogP contribution in [-0.2, 0) is 14.3 Å². The number of aliphatic carboxylic acids is 1. The summed E-state index contributed by atoms with van der Waals surface area (Å²) in [5.41, 5.74) is 0.389. The Morgan fingerprint density at radius 2 is 2.07 bits per heavy atom. The molecule has 0 unspecified atom stereocenters. The van der Waals surface area contributed by atoms with Gasteiger partial charge in [-0.15, -0.1) is 0 Å². The van der Waals surface area contributed by atoms with Crippen molar-refractivity contribution in [3.63, 3.8) is 0 Å². The number of carbonyl (C=O) groups excluding carboxylic acids is 1. The van der Waals surface area contributed by atoms with E-state index < -0.39 is 5.97 Å². The molecule has 1 aliphatic heterocycles. The van der Waals surface area contributed by atoms with Crippen molar-refractivity contribution >= 4 is 11.9 Å². The highest BCUT2D eigenvalue weighted by Gasteiger charge is 2.05. The van der Waals surface area contributed by atoms with Crippen LogP contribution in [0.4, 0.5) is 0 Å². The maximum absolute atomic E-state index is 10.5. The Labute approximate surface area is 89.9 Å². The monoisotopic (exact) mass is 214 g/mol. The number of ether oxygens (including phenoxy) is 1. The fourth-order valence-corrected chi connectivity index (χ4v) is 0.930. The molecule has 0 saturated carbocycles. The zero-order chi connectivity index (χ0) is 11.7. The van der Waals surface area contributed by atoms with E-state index in [-0.39, 0.29) is 5.97 Å². The Kier molecular flexibility index (Phi) is 7.32. The molecule has 0 amide bonds. The molecule has 0 aliphatic carbocycles. The Morgan fingerprint density at radius 1 is 1.40 bits per heavy atom. The van der Waals surface area contributed by atoms with E-state index in [0.29, 0.717) is 18.6 Å². The van der Waals surface area contributed by atoms with Crippen molar-refractivity contribution in [2.24, 2.45) is 0 Å². The van der Waals surface area contributed by atoms with Gasteiger partial charge in [0.05, 0.1) is 6.61 Å². The third-order valence-electron chi connectivity index (χ3n) is 2.06. The maximum Gasteiger partial charge on any atom is 0.330 e. The van der Waals surface area contributed by atoms with Gasteiger partial charge in [-0.1, -0.05) is 6.08 Å². The van der Waals surface area contributed by atoms with E-state index in [0.717, 1.165) is 19.3 Å². The number of carboxylic acid groups (broad SMARTS) is 1. The molecule has 0 atom stereocenters. The first-order chi connectivity index (χ1) is 7.07.